The van der Waals surface area contributed by atoms with Gasteiger partial charge in [0.25, 0.3) is 0 Å². The monoisotopic (exact) mass is 603 g/mol. The van der Waals surface area contributed by atoms with E-state index >= 15 is 0 Å². The van der Waals surface area contributed by atoms with Crippen molar-refractivity contribution in [3.63, 3.8) is 0 Å². The first kappa shape index (κ1) is 31.1. The number of piperidine rings is 1. The molecule has 2 fully saturated rings. The minimum atomic E-state index is -5.02. The molecule has 0 aromatic heterocycles. The van der Waals surface area contributed by atoms with Crippen LogP contribution < -0.4 is 5.32 Å². The van der Waals surface area contributed by atoms with Gasteiger partial charge in [0.05, 0.1) is 22.7 Å². The molecule has 3 atom stereocenters. The second-order valence-electron chi connectivity index (χ2n) is 10.8. The molecule has 0 bridgehead atoms. The highest BCUT2D eigenvalue weighted by Crippen LogP contribution is 2.47. The average molecular weight is 604 g/mol. The van der Waals surface area contributed by atoms with E-state index < -0.39 is 64.8 Å². The second-order valence-corrected chi connectivity index (χ2v) is 10.8. The number of aryl methyl sites for hydroxylation is 1. The molecule has 2 aliphatic heterocycles. The highest BCUT2D eigenvalue weighted by molar-refractivity contribution is 5.94. The van der Waals surface area contributed by atoms with E-state index in [2.05, 4.69) is 5.32 Å². The van der Waals surface area contributed by atoms with Crippen LogP contribution in [-0.2, 0) is 17.1 Å². The molecule has 228 valence electrons. The molecule has 4 rings (SSSR count). The topological polar surface area (TPSA) is 90.0 Å². The molecule has 42 heavy (non-hydrogen) atoms. The Hall–Kier alpha value is -3.84. The maximum Gasteiger partial charge on any atom is 0.416 e. The lowest BCUT2D eigenvalue weighted by atomic mass is 9.78. The quantitative estimate of drug-likeness (QED) is 0.374. The zero-order valence-electron chi connectivity index (χ0n) is 22.6. The molecule has 2 heterocycles. The number of halogens is 7. The average Bonchev–Trinajstić information content (AvgIpc) is 3.20. The molecule has 2 saturated heterocycles. The summed E-state index contributed by atoms with van der Waals surface area (Å²) in [4.78, 5) is 39.9. The highest BCUT2D eigenvalue weighted by atomic mass is 19.4. The highest BCUT2D eigenvalue weighted by Gasteiger charge is 2.53. The Morgan fingerprint density at radius 2 is 1.67 bits per heavy atom. The first-order chi connectivity index (χ1) is 19.4. The fourth-order valence-electron chi connectivity index (χ4n) is 5.88. The lowest BCUT2D eigenvalue weighted by Gasteiger charge is -2.47. The number of amides is 4. The molecular formula is C28H28F7N3O4. The first-order valence-corrected chi connectivity index (χ1v) is 13.1. The predicted octanol–water partition coefficient (Wildman–Crippen LogP) is 6.86. The lowest BCUT2D eigenvalue weighted by molar-refractivity contribution is -0.143. The summed E-state index contributed by atoms with van der Waals surface area (Å²) in [5.74, 6) is -2.05. The number of benzene rings is 2. The van der Waals surface area contributed by atoms with Crippen molar-refractivity contribution in [2.45, 2.75) is 69.4 Å². The number of nitrogens with zero attached hydrogens (tertiary/aromatic N) is 2. The molecule has 0 unspecified atom stereocenters. The third kappa shape index (κ3) is 6.16. The smallest absolute Gasteiger partial charge is 0.416 e. The molecule has 0 radical (unpaired) electrons. The van der Waals surface area contributed by atoms with E-state index in [9.17, 15) is 50.2 Å². The maximum absolute atomic E-state index is 13.9. The summed E-state index contributed by atoms with van der Waals surface area (Å²) in [6, 6.07) is 3.64. The van der Waals surface area contributed by atoms with Crippen LogP contribution in [0.2, 0.25) is 0 Å². The van der Waals surface area contributed by atoms with Gasteiger partial charge >= 0.3 is 24.5 Å². The van der Waals surface area contributed by atoms with Crippen LogP contribution >= 0.6 is 0 Å². The number of nitrogens with one attached hydrogen (secondary N) is 1. The van der Waals surface area contributed by atoms with Crippen LogP contribution in [0.3, 0.4) is 0 Å². The van der Waals surface area contributed by atoms with Gasteiger partial charge in [0.1, 0.15) is 5.82 Å². The second kappa shape index (κ2) is 11.1. The summed E-state index contributed by atoms with van der Waals surface area (Å²) < 4.78 is 93.8. The largest absolute Gasteiger partial charge is 0.465 e. The molecule has 2 N–H and O–H groups in total. The zero-order valence-corrected chi connectivity index (χ0v) is 22.6. The van der Waals surface area contributed by atoms with Gasteiger partial charge in [-0.15, -0.1) is 0 Å². The van der Waals surface area contributed by atoms with Crippen molar-refractivity contribution in [3.05, 3.63) is 70.0 Å². The number of likely N-dealkylation sites (tertiary alicyclic amines) is 2. The van der Waals surface area contributed by atoms with Crippen molar-refractivity contribution >= 4 is 18.0 Å². The Bertz CT molecular complexity index is 1360. The van der Waals surface area contributed by atoms with E-state index in [1.807, 2.05) is 0 Å². The maximum atomic E-state index is 13.9. The van der Waals surface area contributed by atoms with Gasteiger partial charge < -0.3 is 15.3 Å². The summed E-state index contributed by atoms with van der Waals surface area (Å²) in [6.07, 6.45) is -11.1. The molecule has 0 saturated carbocycles. The SMILES string of the molecule is Cc1cc(F)ccc1[C@H]1C[C@]2(CCC(=O)N2C(=O)O)CCN1C(=O)NC[C@H](C)c1cc(C(F)(F)F)cc(C(F)(F)F)c1. The molecular weight excluding hydrogens is 575 g/mol. The van der Waals surface area contributed by atoms with Crippen molar-refractivity contribution in [3.8, 4) is 0 Å². The van der Waals surface area contributed by atoms with Crippen molar-refractivity contribution in [2.24, 2.45) is 0 Å². The number of alkyl halides is 6. The number of imide groups is 1. The number of hydrogen-bond donors (Lipinski definition) is 2. The van der Waals surface area contributed by atoms with Gasteiger partial charge in [0.2, 0.25) is 5.91 Å². The number of carbonyl (C=O) groups is 3. The first-order valence-electron chi connectivity index (χ1n) is 13.1. The number of hydrogen-bond acceptors (Lipinski definition) is 3. The fraction of sp³-hybridized carbons (Fsp3) is 0.464. The molecule has 2 aliphatic rings. The van der Waals surface area contributed by atoms with E-state index in [0.29, 0.717) is 23.3 Å². The van der Waals surface area contributed by atoms with Crippen LogP contribution in [-0.4, -0.2) is 51.6 Å². The molecule has 14 heteroatoms. The molecule has 0 aliphatic carbocycles. The Balaban J connectivity index is 1.60. The fourth-order valence-corrected chi connectivity index (χ4v) is 5.88. The van der Waals surface area contributed by atoms with Crippen LogP contribution in [0.25, 0.3) is 0 Å². The van der Waals surface area contributed by atoms with Gasteiger partial charge in [0.15, 0.2) is 0 Å². The van der Waals surface area contributed by atoms with Crippen LogP contribution in [0, 0.1) is 12.7 Å². The van der Waals surface area contributed by atoms with Gasteiger partial charge in [-0.25, -0.2) is 18.9 Å². The molecule has 7 nitrogen and oxygen atoms in total. The summed E-state index contributed by atoms with van der Waals surface area (Å²) >= 11 is 0. The predicted molar refractivity (Wildman–Crippen MR) is 135 cm³/mol. The Kier molecular flexibility index (Phi) is 8.22. The Morgan fingerprint density at radius 3 is 2.21 bits per heavy atom. The van der Waals surface area contributed by atoms with E-state index in [4.69, 9.17) is 0 Å². The standard InChI is InChI=1S/C28H28F7N3O4/c1-15-9-20(29)3-4-21(15)22-13-26(6-5-23(39)38(26)25(41)42)7-8-37(22)24(40)36-14-16(2)17-10-18(27(30,31)32)12-19(11-17)28(33,34)35/h3-4,9-12,16,22H,5-8,13-14H2,1-2H3,(H,36,40)(H,41,42)/t16-,22+,26-/m0/s1. The van der Waals surface area contributed by atoms with Crippen LogP contribution in [0.1, 0.15) is 72.4 Å². The lowest BCUT2D eigenvalue weighted by Crippen LogP contribution is -2.58. The summed E-state index contributed by atoms with van der Waals surface area (Å²) in [7, 11) is 0. The summed E-state index contributed by atoms with van der Waals surface area (Å²) in [5, 5.41) is 12.3. The van der Waals surface area contributed by atoms with E-state index in [1.165, 1.54) is 30.0 Å². The Morgan fingerprint density at radius 1 is 1.05 bits per heavy atom. The van der Waals surface area contributed by atoms with Crippen molar-refractivity contribution < 1.29 is 50.2 Å². The van der Waals surface area contributed by atoms with Gasteiger partial charge in [0, 0.05) is 19.5 Å². The third-order valence-electron chi connectivity index (χ3n) is 8.08. The van der Waals surface area contributed by atoms with Crippen molar-refractivity contribution in [2.75, 3.05) is 13.1 Å². The molecule has 2 aromatic carbocycles. The molecule has 2 aromatic rings. The Labute approximate surface area is 236 Å². The van der Waals surface area contributed by atoms with E-state index in [1.54, 1.807) is 6.92 Å². The minimum absolute atomic E-state index is 0.00202. The minimum Gasteiger partial charge on any atom is -0.465 e. The van der Waals surface area contributed by atoms with Gasteiger partial charge in [-0.1, -0.05) is 13.0 Å². The van der Waals surface area contributed by atoms with Gasteiger partial charge in [-0.05, 0) is 79.1 Å². The molecule has 1 spiro atoms. The third-order valence-corrected chi connectivity index (χ3v) is 8.08. The van der Waals surface area contributed by atoms with Crippen molar-refractivity contribution in [1.82, 2.24) is 15.1 Å². The van der Waals surface area contributed by atoms with Crippen LogP contribution in [0.5, 0.6) is 0 Å². The number of urea groups is 1. The zero-order chi connectivity index (χ0) is 31.2. The van der Waals surface area contributed by atoms with Crippen molar-refractivity contribution in [1.29, 1.82) is 0 Å². The summed E-state index contributed by atoms with van der Waals surface area (Å²) in [5.41, 5.74) is -3.32. The summed E-state index contributed by atoms with van der Waals surface area (Å²) in [6.45, 7) is 2.66. The van der Waals surface area contributed by atoms with Crippen LogP contribution in [0.4, 0.5) is 40.3 Å². The van der Waals surface area contributed by atoms with Gasteiger partial charge in [-0.2, -0.15) is 26.3 Å². The van der Waals surface area contributed by atoms with E-state index in [-0.39, 0.29) is 50.4 Å². The molecule has 4 amide bonds. The van der Waals surface area contributed by atoms with Gasteiger partial charge in [-0.3, -0.25) is 4.79 Å². The number of carboxylic acid groups (broad SMARTS) is 1. The van der Waals surface area contributed by atoms with E-state index in [0.717, 1.165) is 4.90 Å². The number of carbonyl (C=O) groups excluding carboxylic acids is 2. The number of rotatable bonds is 4. The van der Waals surface area contributed by atoms with Crippen LogP contribution in [0.15, 0.2) is 36.4 Å². The normalized spacial score (nSPS) is 22.0.